The number of aromatic nitrogens is 3. The standard InChI is InChI=1S/C10H10BrF3N4/c11-8-6(15)2-3-7-9(8)16-17-18(7)5-1-4-10(12,13)14/h2-3H,1,4-5,15H2. The predicted molar refractivity (Wildman–Crippen MR) is 64.9 cm³/mol. The maximum absolute atomic E-state index is 12.0. The Kier molecular flexibility index (Phi) is 3.47. The topological polar surface area (TPSA) is 56.7 Å². The highest BCUT2D eigenvalue weighted by Crippen LogP contribution is 2.28. The number of nitrogen functional groups attached to an aromatic ring is 1. The van der Waals surface area contributed by atoms with Crippen LogP contribution in [-0.4, -0.2) is 21.2 Å². The van der Waals surface area contributed by atoms with Crippen LogP contribution in [0.25, 0.3) is 11.0 Å². The van der Waals surface area contributed by atoms with E-state index in [4.69, 9.17) is 5.73 Å². The zero-order valence-electron chi connectivity index (χ0n) is 9.21. The third-order valence-electron chi connectivity index (χ3n) is 2.49. The molecule has 0 radical (unpaired) electrons. The number of rotatable bonds is 3. The molecule has 0 unspecified atom stereocenters. The minimum absolute atomic E-state index is 0.0239. The van der Waals surface area contributed by atoms with Gasteiger partial charge in [0.1, 0.15) is 5.52 Å². The number of aryl methyl sites for hydroxylation is 1. The Morgan fingerprint density at radius 2 is 2.06 bits per heavy atom. The van der Waals surface area contributed by atoms with Gasteiger partial charge in [0.2, 0.25) is 0 Å². The van der Waals surface area contributed by atoms with E-state index in [0.29, 0.717) is 21.2 Å². The van der Waals surface area contributed by atoms with Gasteiger partial charge in [-0.3, -0.25) is 0 Å². The molecule has 0 amide bonds. The van der Waals surface area contributed by atoms with Gasteiger partial charge in [-0.25, -0.2) is 4.68 Å². The summed E-state index contributed by atoms with van der Waals surface area (Å²) in [5, 5.41) is 7.73. The number of fused-ring (bicyclic) bond motifs is 1. The van der Waals surface area contributed by atoms with Gasteiger partial charge in [0, 0.05) is 18.7 Å². The van der Waals surface area contributed by atoms with E-state index in [9.17, 15) is 13.2 Å². The number of alkyl halides is 3. The number of hydrogen-bond acceptors (Lipinski definition) is 3. The average Bonchev–Trinajstić information content (AvgIpc) is 2.66. The number of nitrogens with two attached hydrogens (primary N) is 1. The zero-order valence-corrected chi connectivity index (χ0v) is 10.8. The zero-order chi connectivity index (χ0) is 13.3. The lowest BCUT2D eigenvalue weighted by Gasteiger charge is -2.06. The molecular weight excluding hydrogens is 313 g/mol. The van der Waals surface area contributed by atoms with Crippen LogP contribution in [0.4, 0.5) is 18.9 Å². The second kappa shape index (κ2) is 4.75. The van der Waals surface area contributed by atoms with Crippen LogP contribution in [0.3, 0.4) is 0 Å². The van der Waals surface area contributed by atoms with E-state index in [-0.39, 0.29) is 13.0 Å². The summed E-state index contributed by atoms with van der Waals surface area (Å²) < 4.78 is 38.2. The second-order valence-corrected chi connectivity index (χ2v) is 4.66. The highest BCUT2D eigenvalue weighted by molar-refractivity contribution is 9.10. The minimum Gasteiger partial charge on any atom is -0.398 e. The van der Waals surface area contributed by atoms with Crippen LogP contribution in [0.15, 0.2) is 16.6 Å². The van der Waals surface area contributed by atoms with Crippen molar-refractivity contribution in [2.75, 3.05) is 5.73 Å². The van der Waals surface area contributed by atoms with Gasteiger partial charge < -0.3 is 5.73 Å². The third-order valence-corrected chi connectivity index (χ3v) is 3.32. The lowest BCUT2D eigenvalue weighted by atomic mass is 10.2. The van der Waals surface area contributed by atoms with Crippen LogP contribution in [0, 0.1) is 0 Å². The molecule has 0 spiro atoms. The van der Waals surface area contributed by atoms with E-state index >= 15 is 0 Å². The molecule has 0 saturated carbocycles. The first-order valence-corrected chi connectivity index (χ1v) is 6.02. The highest BCUT2D eigenvalue weighted by atomic mass is 79.9. The monoisotopic (exact) mass is 322 g/mol. The van der Waals surface area contributed by atoms with Crippen LogP contribution >= 0.6 is 15.9 Å². The minimum atomic E-state index is -4.14. The molecule has 1 aromatic carbocycles. The molecule has 0 aliphatic heterocycles. The smallest absolute Gasteiger partial charge is 0.389 e. The first-order valence-electron chi connectivity index (χ1n) is 5.22. The van der Waals surface area contributed by atoms with Gasteiger partial charge >= 0.3 is 6.18 Å². The van der Waals surface area contributed by atoms with Crippen LogP contribution in [0.5, 0.6) is 0 Å². The van der Waals surface area contributed by atoms with Gasteiger partial charge in [0.25, 0.3) is 0 Å². The fraction of sp³-hybridized carbons (Fsp3) is 0.400. The summed E-state index contributed by atoms with van der Waals surface area (Å²) in [6.45, 7) is 0.173. The van der Waals surface area contributed by atoms with Crippen LogP contribution in [-0.2, 0) is 6.54 Å². The van der Waals surface area contributed by atoms with Crippen molar-refractivity contribution in [2.45, 2.75) is 25.6 Å². The Bertz CT molecular complexity index is 564. The van der Waals surface area contributed by atoms with E-state index < -0.39 is 12.6 Å². The van der Waals surface area contributed by atoms with Crippen molar-refractivity contribution in [3.63, 3.8) is 0 Å². The molecule has 98 valence electrons. The maximum atomic E-state index is 12.0. The first-order chi connectivity index (χ1) is 8.38. The van der Waals surface area contributed by atoms with Crippen LogP contribution in [0.1, 0.15) is 12.8 Å². The summed E-state index contributed by atoms with van der Waals surface area (Å²) >= 11 is 3.27. The van der Waals surface area contributed by atoms with Gasteiger partial charge in [-0.05, 0) is 34.5 Å². The second-order valence-electron chi connectivity index (χ2n) is 3.87. The summed E-state index contributed by atoms with van der Waals surface area (Å²) in [6, 6.07) is 3.36. The maximum Gasteiger partial charge on any atom is 0.389 e. The van der Waals surface area contributed by atoms with E-state index in [2.05, 4.69) is 26.2 Å². The van der Waals surface area contributed by atoms with Crippen LogP contribution in [0.2, 0.25) is 0 Å². The van der Waals surface area contributed by atoms with Crippen LogP contribution < -0.4 is 5.73 Å². The molecule has 8 heteroatoms. The van der Waals surface area contributed by atoms with Crippen molar-refractivity contribution in [3.8, 4) is 0 Å². The summed E-state index contributed by atoms with van der Waals surface area (Å²) in [5.41, 5.74) is 7.42. The van der Waals surface area contributed by atoms with Crippen molar-refractivity contribution in [1.82, 2.24) is 15.0 Å². The largest absolute Gasteiger partial charge is 0.398 e. The predicted octanol–water partition coefficient (Wildman–Crippen LogP) is 3.12. The highest BCUT2D eigenvalue weighted by Gasteiger charge is 2.26. The van der Waals surface area contributed by atoms with Gasteiger partial charge in [0.05, 0.1) is 9.99 Å². The molecule has 0 aliphatic carbocycles. The summed E-state index contributed by atoms with van der Waals surface area (Å²) in [4.78, 5) is 0. The molecule has 2 rings (SSSR count). The Labute approximate surface area is 109 Å². The first kappa shape index (κ1) is 13.1. The molecule has 0 aliphatic rings. The van der Waals surface area contributed by atoms with E-state index in [1.54, 1.807) is 12.1 Å². The molecule has 18 heavy (non-hydrogen) atoms. The number of hydrogen-bond donors (Lipinski definition) is 1. The molecule has 1 aromatic heterocycles. The van der Waals surface area contributed by atoms with Gasteiger partial charge in [-0.15, -0.1) is 5.10 Å². The fourth-order valence-electron chi connectivity index (χ4n) is 1.61. The van der Waals surface area contributed by atoms with Crippen molar-refractivity contribution in [1.29, 1.82) is 0 Å². The Morgan fingerprint density at radius 3 is 2.72 bits per heavy atom. The third kappa shape index (κ3) is 2.74. The lowest BCUT2D eigenvalue weighted by Crippen LogP contribution is -2.09. The van der Waals surface area contributed by atoms with Gasteiger partial charge in [-0.2, -0.15) is 13.2 Å². The summed E-state index contributed by atoms with van der Waals surface area (Å²) in [7, 11) is 0. The Balaban J connectivity index is 2.18. The van der Waals surface area contributed by atoms with E-state index in [1.807, 2.05) is 0 Å². The molecule has 0 atom stereocenters. The molecule has 0 bridgehead atoms. The molecule has 0 fully saturated rings. The van der Waals surface area contributed by atoms with Crippen molar-refractivity contribution in [3.05, 3.63) is 16.6 Å². The average molecular weight is 323 g/mol. The molecular formula is C10H10BrF3N4. The SMILES string of the molecule is Nc1ccc2c(nnn2CCCC(F)(F)F)c1Br. The van der Waals surface area contributed by atoms with Crippen molar-refractivity contribution in [2.24, 2.45) is 0 Å². The summed E-state index contributed by atoms with van der Waals surface area (Å²) in [5.74, 6) is 0. The molecule has 2 aromatic rings. The molecule has 0 saturated heterocycles. The van der Waals surface area contributed by atoms with Crippen molar-refractivity contribution < 1.29 is 13.2 Å². The Hall–Kier alpha value is -1.31. The molecule has 4 nitrogen and oxygen atoms in total. The normalized spacial score (nSPS) is 12.2. The number of nitrogens with zero attached hydrogens (tertiary/aromatic N) is 3. The van der Waals surface area contributed by atoms with E-state index in [0.717, 1.165) is 0 Å². The molecule has 1 heterocycles. The number of benzene rings is 1. The lowest BCUT2D eigenvalue weighted by molar-refractivity contribution is -0.135. The number of anilines is 1. The van der Waals surface area contributed by atoms with Gasteiger partial charge in [0.15, 0.2) is 0 Å². The summed E-state index contributed by atoms with van der Waals surface area (Å²) in [6.07, 6.45) is -4.99. The van der Waals surface area contributed by atoms with Gasteiger partial charge in [-0.1, -0.05) is 5.21 Å². The Morgan fingerprint density at radius 1 is 1.33 bits per heavy atom. The fourth-order valence-corrected chi connectivity index (χ4v) is 2.03. The number of halogens is 4. The quantitative estimate of drug-likeness (QED) is 0.883. The molecule has 2 N–H and O–H groups in total. The van der Waals surface area contributed by atoms with E-state index in [1.165, 1.54) is 4.68 Å². The van der Waals surface area contributed by atoms with Crippen molar-refractivity contribution >= 4 is 32.7 Å².